The number of hydrazone groups is 1. The van der Waals surface area contributed by atoms with Gasteiger partial charge >= 0.3 is 5.97 Å². The van der Waals surface area contributed by atoms with E-state index in [4.69, 9.17) is 4.74 Å². The summed E-state index contributed by atoms with van der Waals surface area (Å²) in [4.78, 5) is 24.4. The number of rotatable bonds is 12. The fraction of sp³-hybridized carbons (Fsp3) is 0.400. The number of aryl methyl sites for hydroxylation is 1. The number of amides is 1. The summed E-state index contributed by atoms with van der Waals surface area (Å²) in [7, 11) is 0. The topological polar surface area (TPSA) is 67.8 Å². The first-order chi connectivity index (χ1) is 15.0. The van der Waals surface area contributed by atoms with Gasteiger partial charge in [0.25, 0.3) is 0 Å². The molecule has 0 spiro atoms. The minimum Gasteiger partial charge on any atom is -0.422 e. The largest absolute Gasteiger partial charge is 0.422 e. The number of nitrogens with zero attached hydrogens (tertiary/aromatic N) is 1. The molecule has 0 aromatic heterocycles. The summed E-state index contributed by atoms with van der Waals surface area (Å²) in [6, 6.07) is 12.4. The lowest BCUT2D eigenvalue weighted by molar-refractivity contribution is -0.121. The van der Waals surface area contributed by atoms with E-state index in [9.17, 15) is 9.59 Å². The maximum atomic E-state index is 12.4. The zero-order valence-corrected chi connectivity index (χ0v) is 19.9. The average molecular weight is 487 g/mol. The minimum atomic E-state index is -0.444. The van der Waals surface area contributed by atoms with Gasteiger partial charge in [-0.25, -0.2) is 10.2 Å². The summed E-state index contributed by atoms with van der Waals surface area (Å²) in [6.07, 6.45) is 10.1. The Balaban J connectivity index is 1.86. The molecule has 0 aliphatic rings. The molecular formula is C25H31BrN2O3. The number of hydrogen-bond donors (Lipinski definition) is 1. The predicted molar refractivity (Wildman–Crippen MR) is 129 cm³/mol. The summed E-state index contributed by atoms with van der Waals surface area (Å²) in [6.45, 7) is 4.16. The molecule has 0 aliphatic carbocycles. The van der Waals surface area contributed by atoms with Crippen LogP contribution in [0, 0.1) is 6.92 Å². The summed E-state index contributed by atoms with van der Waals surface area (Å²) in [5.74, 6) is -0.184. The molecule has 0 unspecified atom stereocenters. The van der Waals surface area contributed by atoms with Gasteiger partial charge in [0.05, 0.1) is 11.8 Å². The summed E-state index contributed by atoms with van der Waals surface area (Å²) >= 11 is 3.41. The van der Waals surface area contributed by atoms with Crippen LogP contribution in [0.3, 0.4) is 0 Å². The zero-order chi connectivity index (χ0) is 22.5. The molecule has 0 fully saturated rings. The van der Waals surface area contributed by atoms with E-state index >= 15 is 0 Å². The van der Waals surface area contributed by atoms with E-state index in [1.165, 1.54) is 38.3 Å². The fourth-order valence-electron chi connectivity index (χ4n) is 3.03. The van der Waals surface area contributed by atoms with E-state index in [-0.39, 0.29) is 5.91 Å². The van der Waals surface area contributed by atoms with Gasteiger partial charge in [-0.3, -0.25) is 4.79 Å². The lowest BCUT2D eigenvalue weighted by atomic mass is 10.1. The van der Waals surface area contributed by atoms with E-state index in [0.29, 0.717) is 23.3 Å². The number of carbonyl (C=O) groups is 2. The highest BCUT2D eigenvalue weighted by Gasteiger charge is 2.11. The van der Waals surface area contributed by atoms with Crippen LogP contribution in [0.2, 0.25) is 0 Å². The Morgan fingerprint density at radius 2 is 1.68 bits per heavy atom. The van der Waals surface area contributed by atoms with Crippen LogP contribution in [0.15, 0.2) is 52.0 Å². The number of unbranched alkanes of at least 4 members (excludes halogenated alkanes) is 6. The van der Waals surface area contributed by atoms with Crippen LogP contribution < -0.4 is 10.2 Å². The maximum Gasteiger partial charge on any atom is 0.343 e. The molecule has 0 heterocycles. The van der Waals surface area contributed by atoms with Gasteiger partial charge in [-0.1, -0.05) is 79.1 Å². The van der Waals surface area contributed by atoms with E-state index in [2.05, 4.69) is 33.4 Å². The highest BCUT2D eigenvalue weighted by atomic mass is 79.9. The van der Waals surface area contributed by atoms with Gasteiger partial charge in [-0.05, 0) is 43.7 Å². The molecule has 2 aromatic carbocycles. The van der Waals surface area contributed by atoms with Crippen molar-refractivity contribution in [3.8, 4) is 5.75 Å². The number of carbonyl (C=O) groups excluding carboxylic acids is 2. The Hall–Kier alpha value is -2.47. The lowest BCUT2D eigenvalue weighted by Crippen LogP contribution is -2.17. The van der Waals surface area contributed by atoms with Crippen molar-refractivity contribution < 1.29 is 14.3 Å². The van der Waals surface area contributed by atoms with Crippen molar-refractivity contribution >= 4 is 34.0 Å². The second-order valence-corrected chi connectivity index (χ2v) is 8.52. The van der Waals surface area contributed by atoms with E-state index in [1.54, 1.807) is 30.3 Å². The van der Waals surface area contributed by atoms with Gasteiger partial charge in [0.15, 0.2) is 0 Å². The molecular weight excluding hydrogens is 456 g/mol. The van der Waals surface area contributed by atoms with Crippen LogP contribution in [-0.4, -0.2) is 18.1 Å². The number of esters is 1. The molecule has 0 bridgehead atoms. The third-order valence-corrected chi connectivity index (χ3v) is 5.36. The predicted octanol–water partition coefficient (Wildman–Crippen LogP) is 6.57. The van der Waals surface area contributed by atoms with Crippen molar-refractivity contribution in [2.24, 2.45) is 5.10 Å². The fourth-order valence-corrected chi connectivity index (χ4v) is 3.41. The second-order valence-electron chi connectivity index (χ2n) is 7.60. The van der Waals surface area contributed by atoms with Gasteiger partial charge in [-0.15, -0.1) is 0 Å². The number of ether oxygens (including phenoxy) is 1. The Labute approximate surface area is 193 Å². The van der Waals surface area contributed by atoms with E-state index < -0.39 is 5.97 Å². The number of hydrogen-bond acceptors (Lipinski definition) is 4. The third kappa shape index (κ3) is 9.47. The Morgan fingerprint density at radius 3 is 2.39 bits per heavy atom. The Kier molecular flexibility index (Phi) is 11.0. The smallest absolute Gasteiger partial charge is 0.343 e. The lowest BCUT2D eigenvalue weighted by Gasteiger charge is -2.08. The van der Waals surface area contributed by atoms with Crippen LogP contribution in [0.4, 0.5) is 0 Å². The summed E-state index contributed by atoms with van der Waals surface area (Å²) < 4.78 is 6.36. The summed E-state index contributed by atoms with van der Waals surface area (Å²) in [5, 5.41) is 4.04. The number of halogens is 1. The SMILES string of the molecule is CCCCCCCCCC(=O)N/N=C/c1cc(Br)ccc1OC(=O)c1ccc(C)cc1. The normalized spacial score (nSPS) is 10.9. The first-order valence-corrected chi connectivity index (χ1v) is 11.7. The molecule has 0 saturated carbocycles. The first kappa shape index (κ1) is 24.8. The first-order valence-electron chi connectivity index (χ1n) is 10.9. The number of nitrogens with one attached hydrogen (secondary N) is 1. The van der Waals surface area contributed by atoms with Crippen LogP contribution in [0.5, 0.6) is 5.75 Å². The highest BCUT2D eigenvalue weighted by molar-refractivity contribution is 9.10. The third-order valence-electron chi connectivity index (χ3n) is 4.86. The minimum absolute atomic E-state index is 0.113. The molecule has 0 saturated heterocycles. The highest BCUT2D eigenvalue weighted by Crippen LogP contribution is 2.23. The molecule has 1 N–H and O–H groups in total. The average Bonchev–Trinajstić information content (AvgIpc) is 2.75. The molecule has 2 rings (SSSR count). The summed E-state index contributed by atoms with van der Waals surface area (Å²) in [5.41, 5.74) is 4.69. The van der Waals surface area contributed by atoms with Crippen molar-refractivity contribution in [3.05, 3.63) is 63.6 Å². The molecule has 166 valence electrons. The standard InChI is InChI=1S/C25H31BrN2O3/c1-3-4-5-6-7-8-9-10-24(29)28-27-18-21-17-22(26)15-16-23(21)31-25(30)20-13-11-19(2)12-14-20/h11-18H,3-10H2,1-2H3,(H,28,29)/b27-18+. The molecule has 0 atom stereocenters. The van der Waals surface area contributed by atoms with Crippen LogP contribution in [0.1, 0.15) is 79.8 Å². The van der Waals surface area contributed by atoms with Gasteiger partial charge in [-0.2, -0.15) is 5.10 Å². The van der Waals surface area contributed by atoms with Crippen molar-refractivity contribution in [2.75, 3.05) is 0 Å². The van der Waals surface area contributed by atoms with E-state index in [1.807, 2.05) is 19.1 Å². The molecule has 0 radical (unpaired) electrons. The molecule has 0 aliphatic heterocycles. The quantitative estimate of drug-likeness (QED) is 0.121. The molecule has 2 aromatic rings. The molecule has 6 heteroatoms. The van der Waals surface area contributed by atoms with Crippen molar-refractivity contribution in [1.29, 1.82) is 0 Å². The van der Waals surface area contributed by atoms with E-state index in [0.717, 1.165) is 22.9 Å². The molecule has 1 amide bonds. The van der Waals surface area contributed by atoms with Crippen LogP contribution >= 0.6 is 15.9 Å². The van der Waals surface area contributed by atoms with Gasteiger partial charge in [0, 0.05) is 16.5 Å². The Morgan fingerprint density at radius 1 is 1.00 bits per heavy atom. The number of benzene rings is 2. The monoisotopic (exact) mass is 486 g/mol. The van der Waals surface area contributed by atoms with Gasteiger partial charge in [0.1, 0.15) is 5.75 Å². The Bertz CT molecular complexity index is 879. The van der Waals surface area contributed by atoms with Gasteiger partial charge < -0.3 is 4.74 Å². The van der Waals surface area contributed by atoms with Crippen LogP contribution in [-0.2, 0) is 4.79 Å². The maximum absolute atomic E-state index is 12.4. The second kappa shape index (κ2) is 13.8. The van der Waals surface area contributed by atoms with Crippen molar-refractivity contribution in [3.63, 3.8) is 0 Å². The van der Waals surface area contributed by atoms with Crippen molar-refractivity contribution in [2.45, 2.75) is 65.2 Å². The van der Waals surface area contributed by atoms with Gasteiger partial charge in [0.2, 0.25) is 5.91 Å². The zero-order valence-electron chi connectivity index (χ0n) is 18.3. The molecule has 5 nitrogen and oxygen atoms in total. The van der Waals surface area contributed by atoms with Crippen molar-refractivity contribution in [1.82, 2.24) is 5.43 Å². The molecule has 31 heavy (non-hydrogen) atoms. The van der Waals surface area contributed by atoms with Crippen LogP contribution in [0.25, 0.3) is 0 Å².